The Labute approximate surface area is 122 Å². The van der Waals surface area contributed by atoms with Crippen molar-refractivity contribution < 1.29 is 23.7 Å². The molecule has 1 rings (SSSR count). The van der Waals surface area contributed by atoms with Gasteiger partial charge in [0.2, 0.25) is 0 Å². The molecule has 2 N–H and O–H groups in total. The molecule has 0 aliphatic rings. The molecule has 0 fully saturated rings. The summed E-state index contributed by atoms with van der Waals surface area (Å²) < 4.78 is 14.6. The van der Waals surface area contributed by atoms with Crippen LogP contribution < -0.4 is 0 Å². The first kappa shape index (κ1) is 16.8. The van der Waals surface area contributed by atoms with Gasteiger partial charge < -0.3 is 4.52 Å². The summed E-state index contributed by atoms with van der Waals surface area (Å²) in [6.45, 7) is 5.25. The van der Waals surface area contributed by atoms with Crippen molar-refractivity contribution in [2.75, 3.05) is 0 Å². The van der Waals surface area contributed by atoms with Gasteiger partial charge in [-0.2, -0.15) is 0 Å². The predicted molar refractivity (Wildman–Crippen MR) is 65.3 cm³/mol. The van der Waals surface area contributed by atoms with E-state index in [0.717, 1.165) is 5.56 Å². The fourth-order valence-corrected chi connectivity index (χ4v) is 1.96. The van der Waals surface area contributed by atoms with E-state index in [1.165, 1.54) is 0 Å². The second-order valence-electron chi connectivity index (χ2n) is 3.64. The van der Waals surface area contributed by atoms with Crippen molar-refractivity contribution in [3.8, 4) is 0 Å². The van der Waals surface area contributed by atoms with Gasteiger partial charge in [-0.05, 0) is 31.9 Å². The Balaban J connectivity index is 0.00000256. The monoisotopic (exact) mass is 268 g/mol. The number of phosphoric acid groups is 1. The SMILES string of the molecule is Cc1cc(C)c(C(=O)OP(=O)(O)O)c(C)c1.[NaH]. The summed E-state index contributed by atoms with van der Waals surface area (Å²) in [6, 6.07) is 3.51. The Morgan fingerprint density at radius 3 is 1.94 bits per heavy atom. The van der Waals surface area contributed by atoms with Crippen LogP contribution in [0.15, 0.2) is 12.1 Å². The van der Waals surface area contributed by atoms with Gasteiger partial charge >= 0.3 is 43.3 Å². The Hall–Kier alpha value is -0.160. The molecule has 0 bridgehead atoms. The summed E-state index contributed by atoms with van der Waals surface area (Å²) in [5, 5.41) is 0. The van der Waals surface area contributed by atoms with Crippen molar-refractivity contribution in [1.82, 2.24) is 0 Å². The second-order valence-corrected chi connectivity index (χ2v) is 4.81. The van der Waals surface area contributed by atoms with Gasteiger partial charge in [-0.15, -0.1) is 0 Å². The molecule has 0 amide bonds. The van der Waals surface area contributed by atoms with Crippen LogP contribution in [0.25, 0.3) is 0 Å². The summed E-state index contributed by atoms with van der Waals surface area (Å²) in [4.78, 5) is 28.6. The van der Waals surface area contributed by atoms with Gasteiger partial charge in [-0.3, -0.25) is 9.79 Å². The molecule has 0 heterocycles. The summed E-state index contributed by atoms with van der Waals surface area (Å²) in [5.74, 6) is -0.997. The first-order valence-corrected chi connectivity index (χ1v) is 6.11. The quantitative estimate of drug-likeness (QED) is 0.622. The minimum atomic E-state index is -4.79. The van der Waals surface area contributed by atoms with Crippen molar-refractivity contribution in [2.45, 2.75) is 20.8 Å². The van der Waals surface area contributed by atoms with Gasteiger partial charge in [0.05, 0.1) is 5.56 Å². The molecule has 90 valence electrons. The van der Waals surface area contributed by atoms with Crippen LogP contribution in [0.2, 0.25) is 0 Å². The van der Waals surface area contributed by atoms with E-state index in [0.29, 0.717) is 11.1 Å². The van der Waals surface area contributed by atoms with Crippen LogP contribution in [0, 0.1) is 20.8 Å². The number of phosphoric ester groups is 1. The maximum atomic E-state index is 11.5. The molecule has 17 heavy (non-hydrogen) atoms. The number of rotatable bonds is 2. The van der Waals surface area contributed by atoms with Crippen molar-refractivity contribution in [1.29, 1.82) is 0 Å². The first-order valence-electron chi connectivity index (χ1n) is 4.58. The summed E-state index contributed by atoms with van der Waals surface area (Å²) in [7, 11) is -4.79. The van der Waals surface area contributed by atoms with E-state index in [1.54, 1.807) is 26.0 Å². The molecule has 5 nitrogen and oxygen atoms in total. The number of hydrogen-bond acceptors (Lipinski definition) is 3. The van der Waals surface area contributed by atoms with Crippen LogP contribution in [0.1, 0.15) is 27.0 Å². The number of carbonyl (C=O) groups is 1. The first-order chi connectivity index (χ1) is 7.20. The Kier molecular flexibility index (Phi) is 6.08. The number of hydrogen-bond donors (Lipinski definition) is 2. The second kappa shape index (κ2) is 6.14. The van der Waals surface area contributed by atoms with Crippen LogP contribution in [-0.2, 0) is 9.09 Å². The van der Waals surface area contributed by atoms with Crippen LogP contribution in [-0.4, -0.2) is 45.3 Å². The van der Waals surface area contributed by atoms with E-state index in [1.807, 2.05) is 6.92 Å². The van der Waals surface area contributed by atoms with Crippen LogP contribution in [0.3, 0.4) is 0 Å². The van der Waals surface area contributed by atoms with Crippen LogP contribution in [0.4, 0.5) is 0 Å². The third-order valence-corrected chi connectivity index (χ3v) is 2.49. The molecule has 0 spiro atoms. The van der Waals surface area contributed by atoms with Crippen molar-refractivity contribution in [2.24, 2.45) is 0 Å². The summed E-state index contributed by atoms with van der Waals surface area (Å²) in [5.41, 5.74) is 2.45. The van der Waals surface area contributed by atoms with Crippen LogP contribution in [0.5, 0.6) is 0 Å². The van der Waals surface area contributed by atoms with E-state index in [2.05, 4.69) is 4.52 Å². The zero-order valence-electron chi connectivity index (χ0n) is 9.22. The molecule has 0 saturated heterocycles. The van der Waals surface area contributed by atoms with Gasteiger partial charge in [-0.25, -0.2) is 9.36 Å². The van der Waals surface area contributed by atoms with E-state index in [9.17, 15) is 9.36 Å². The molecule has 0 aromatic heterocycles. The van der Waals surface area contributed by atoms with E-state index < -0.39 is 13.8 Å². The number of carbonyl (C=O) groups excluding carboxylic acids is 1. The van der Waals surface area contributed by atoms with E-state index in [-0.39, 0.29) is 35.1 Å². The summed E-state index contributed by atoms with van der Waals surface area (Å²) in [6.07, 6.45) is 0. The number of aryl methyl sites for hydroxylation is 3. The topological polar surface area (TPSA) is 83.8 Å². The molecule has 0 saturated carbocycles. The third kappa shape index (κ3) is 4.92. The molecule has 0 aliphatic heterocycles. The Morgan fingerprint density at radius 2 is 1.59 bits per heavy atom. The van der Waals surface area contributed by atoms with Gasteiger partial charge in [-0.1, -0.05) is 17.7 Å². The van der Waals surface area contributed by atoms with Gasteiger partial charge in [0, 0.05) is 0 Å². The fraction of sp³-hybridized carbons (Fsp3) is 0.300. The molecule has 0 aliphatic carbocycles. The zero-order chi connectivity index (χ0) is 12.5. The Bertz CT molecular complexity index is 457. The van der Waals surface area contributed by atoms with Crippen molar-refractivity contribution >= 4 is 43.3 Å². The van der Waals surface area contributed by atoms with Crippen molar-refractivity contribution in [3.05, 3.63) is 34.4 Å². The third-order valence-electron chi connectivity index (χ3n) is 2.08. The van der Waals surface area contributed by atoms with Gasteiger partial charge in [0.15, 0.2) is 0 Å². The zero-order valence-corrected chi connectivity index (χ0v) is 10.1. The molecule has 1 aromatic rings. The normalized spacial score (nSPS) is 10.6. The Morgan fingerprint density at radius 1 is 1.18 bits per heavy atom. The van der Waals surface area contributed by atoms with E-state index >= 15 is 0 Å². The number of benzene rings is 1. The molecule has 1 aromatic carbocycles. The van der Waals surface area contributed by atoms with Crippen molar-refractivity contribution in [3.63, 3.8) is 0 Å². The molecule has 7 heteroatoms. The average molecular weight is 268 g/mol. The summed E-state index contributed by atoms with van der Waals surface area (Å²) >= 11 is 0. The average Bonchev–Trinajstić information content (AvgIpc) is 1.96. The molecule has 0 unspecified atom stereocenters. The van der Waals surface area contributed by atoms with E-state index in [4.69, 9.17) is 9.79 Å². The van der Waals surface area contributed by atoms with Gasteiger partial charge in [0.25, 0.3) is 0 Å². The minimum absolute atomic E-state index is 0. The van der Waals surface area contributed by atoms with Crippen LogP contribution >= 0.6 is 7.82 Å². The molecular formula is C10H14NaO5P. The molecule has 0 radical (unpaired) electrons. The van der Waals surface area contributed by atoms with Gasteiger partial charge in [0.1, 0.15) is 0 Å². The fourth-order valence-electron chi connectivity index (χ4n) is 1.66. The molecular weight excluding hydrogens is 254 g/mol. The predicted octanol–water partition coefficient (Wildman–Crippen LogP) is 1.21. The maximum absolute atomic E-state index is 11.5. The standard InChI is InChI=1S/C10H13O5P.Na.H/c1-6-4-7(2)9(8(3)5-6)10(11)15-16(12,13)14;;/h4-5H,1-3H3,(H2,12,13,14);;. The molecule has 0 atom stereocenters.